The molecule has 2 fully saturated rings. The van der Waals surface area contributed by atoms with E-state index < -0.39 is 0 Å². The van der Waals surface area contributed by atoms with E-state index in [2.05, 4.69) is 42.9 Å². The minimum Gasteiger partial charge on any atom is -0.450 e. The molecular weight excluding hydrogens is 477 g/mol. The van der Waals surface area contributed by atoms with Crippen molar-refractivity contribution in [2.45, 2.75) is 25.8 Å². The molecule has 1 saturated heterocycles. The number of anilines is 1. The Morgan fingerprint density at radius 2 is 2.11 bits per heavy atom. The summed E-state index contributed by atoms with van der Waals surface area (Å²) in [6, 6.07) is 4.37. The van der Waals surface area contributed by atoms with Crippen molar-refractivity contribution in [2.75, 3.05) is 51.3 Å². The monoisotopic (exact) mass is 507 g/mol. The normalized spacial score (nSPS) is 18.5. The summed E-state index contributed by atoms with van der Waals surface area (Å²) in [5.41, 5.74) is 0. The first-order valence-corrected chi connectivity index (χ1v) is 10.3. The van der Waals surface area contributed by atoms with Gasteiger partial charge in [-0.3, -0.25) is 4.99 Å². The topological polar surface area (TPSA) is 69.2 Å². The van der Waals surface area contributed by atoms with Crippen molar-refractivity contribution in [1.82, 2.24) is 15.5 Å². The van der Waals surface area contributed by atoms with Gasteiger partial charge in [0.1, 0.15) is 0 Å². The maximum absolute atomic E-state index is 11.7. The molecule has 0 aromatic carbocycles. The third-order valence-electron chi connectivity index (χ3n) is 4.86. The summed E-state index contributed by atoms with van der Waals surface area (Å²) in [6.45, 7) is 6.77. The zero-order chi connectivity index (χ0) is 18.4. The van der Waals surface area contributed by atoms with E-state index in [1.54, 1.807) is 11.3 Å². The van der Waals surface area contributed by atoms with Gasteiger partial charge < -0.3 is 25.2 Å². The molecule has 0 spiro atoms. The summed E-state index contributed by atoms with van der Waals surface area (Å²) in [6.07, 6.45) is 2.00. The number of halogens is 1. The van der Waals surface area contributed by atoms with Gasteiger partial charge in [-0.2, -0.15) is 0 Å². The van der Waals surface area contributed by atoms with Crippen LogP contribution in [0.2, 0.25) is 0 Å². The van der Waals surface area contributed by atoms with Gasteiger partial charge in [-0.15, -0.1) is 35.3 Å². The molecule has 1 aliphatic heterocycles. The quantitative estimate of drug-likeness (QED) is 0.352. The van der Waals surface area contributed by atoms with E-state index in [9.17, 15) is 4.79 Å². The number of nitrogens with zero attached hydrogens (tertiary/aromatic N) is 3. The Kier molecular flexibility index (Phi) is 8.94. The maximum atomic E-state index is 11.7. The van der Waals surface area contributed by atoms with E-state index in [-0.39, 0.29) is 36.1 Å². The molecule has 27 heavy (non-hydrogen) atoms. The van der Waals surface area contributed by atoms with Gasteiger partial charge >= 0.3 is 6.09 Å². The first-order valence-electron chi connectivity index (χ1n) is 9.38. The third-order valence-corrected chi connectivity index (χ3v) is 5.79. The van der Waals surface area contributed by atoms with Crippen LogP contribution in [0.3, 0.4) is 0 Å². The Labute approximate surface area is 182 Å². The van der Waals surface area contributed by atoms with Crippen LogP contribution in [-0.2, 0) is 4.74 Å². The molecule has 1 amide bonds. The minimum atomic E-state index is -0.328. The highest BCUT2D eigenvalue weighted by Gasteiger charge is 2.33. The van der Waals surface area contributed by atoms with E-state index in [4.69, 9.17) is 4.74 Å². The predicted molar refractivity (Wildman–Crippen MR) is 122 cm³/mol. The van der Waals surface area contributed by atoms with Gasteiger partial charge in [0.15, 0.2) is 5.96 Å². The largest absolute Gasteiger partial charge is 0.450 e. The van der Waals surface area contributed by atoms with Crippen LogP contribution in [0.25, 0.3) is 0 Å². The Balaban J connectivity index is 0.00000261. The molecular formula is C18H30IN5O2S. The molecule has 2 heterocycles. The van der Waals surface area contributed by atoms with Gasteiger partial charge in [0, 0.05) is 39.8 Å². The smallest absolute Gasteiger partial charge is 0.407 e. The summed E-state index contributed by atoms with van der Waals surface area (Å²) < 4.78 is 5.02. The lowest BCUT2D eigenvalue weighted by Gasteiger charge is -2.37. The van der Waals surface area contributed by atoms with Crippen molar-refractivity contribution in [3.63, 3.8) is 0 Å². The average Bonchev–Trinajstić information content (AvgIpc) is 3.36. The number of aliphatic imine (C=N–C) groups is 1. The van der Waals surface area contributed by atoms with Gasteiger partial charge in [-0.1, -0.05) is 0 Å². The van der Waals surface area contributed by atoms with Crippen molar-refractivity contribution in [3.8, 4) is 0 Å². The van der Waals surface area contributed by atoms with E-state index in [0.29, 0.717) is 19.1 Å². The fourth-order valence-electron chi connectivity index (χ4n) is 3.28. The van der Waals surface area contributed by atoms with Gasteiger partial charge in [0.25, 0.3) is 0 Å². The summed E-state index contributed by atoms with van der Waals surface area (Å²) in [7, 11) is 1.82. The maximum Gasteiger partial charge on any atom is 0.407 e. The molecule has 1 atom stereocenters. The molecule has 7 nitrogen and oxygen atoms in total. The number of piperazine rings is 1. The van der Waals surface area contributed by atoms with Gasteiger partial charge in [0.05, 0.1) is 17.6 Å². The van der Waals surface area contributed by atoms with Crippen LogP contribution < -0.4 is 15.5 Å². The lowest BCUT2D eigenvalue weighted by Crippen LogP contribution is -2.54. The number of amides is 1. The van der Waals surface area contributed by atoms with Crippen LogP contribution in [0.4, 0.5) is 9.80 Å². The second kappa shape index (κ2) is 10.9. The Hall–Kier alpha value is -1.23. The molecule has 2 aliphatic rings. The number of ether oxygens (including phenoxy) is 1. The average molecular weight is 507 g/mol. The van der Waals surface area contributed by atoms with Crippen LogP contribution in [0, 0.1) is 5.92 Å². The van der Waals surface area contributed by atoms with Crippen LogP contribution in [-0.4, -0.2) is 69.4 Å². The van der Waals surface area contributed by atoms with E-state index in [1.807, 2.05) is 14.0 Å². The Morgan fingerprint density at radius 3 is 2.67 bits per heavy atom. The summed E-state index contributed by atoms with van der Waals surface area (Å²) in [4.78, 5) is 20.9. The molecule has 3 rings (SSSR count). The number of rotatable bonds is 6. The van der Waals surface area contributed by atoms with E-state index in [0.717, 1.165) is 45.0 Å². The number of guanidine groups is 1. The Morgan fingerprint density at radius 1 is 1.37 bits per heavy atom. The number of hydrogen-bond acceptors (Lipinski definition) is 5. The number of hydrogen-bond donors (Lipinski definition) is 2. The Bertz CT molecular complexity index is 601. The summed E-state index contributed by atoms with van der Waals surface area (Å²) >= 11 is 1.79. The number of carbonyl (C=O) groups is 1. The van der Waals surface area contributed by atoms with Crippen LogP contribution in [0.1, 0.15) is 19.8 Å². The van der Waals surface area contributed by atoms with Crippen molar-refractivity contribution in [3.05, 3.63) is 17.5 Å². The lowest BCUT2D eigenvalue weighted by molar-refractivity contribution is 0.146. The van der Waals surface area contributed by atoms with Gasteiger partial charge in [-0.05, 0) is 43.2 Å². The zero-order valence-electron chi connectivity index (χ0n) is 16.0. The molecule has 1 aromatic heterocycles. The van der Waals surface area contributed by atoms with Gasteiger partial charge in [-0.25, -0.2) is 4.79 Å². The fraction of sp³-hybridized carbons (Fsp3) is 0.667. The predicted octanol–water partition coefficient (Wildman–Crippen LogP) is 2.59. The standard InChI is InChI=1S/C18H29N5O2S.HI/c1-3-25-18(24)21-15(14-6-7-14)13-20-17(19-2)23-10-8-22(9-11-23)16-5-4-12-26-16;/h4-5,12,14-15H,3,6-11,13H2,1-2H3,(H,19,20)(H,21,24);1H. The number of alkyl carbamates (subject to hydrolysis) is 1. The van der Waals surface area contributed by atoms with Crippen molar-refractivity contribution >= 4 is 52.4 Å². The number of nitrogens with one attached hydrogen (secondary N) is 2. The van der Waals surface area contributed by atoms with Crippen molar-refractivity contribution in [2.24, 2.45) is 10.9 Å². The highest BCUT2D eigenvalue weighted by atomic mass is 127. The second-order valence-electron chi connectivity index (χ2n) is 6.66. The van der Waals surface area contributed by atoms with Crippen LogP contribution >= 0.6 is 35.3 Å². The summed E-state index contributed by atoms with van der Waals surface area (Å²) in [5.74, 6) is 1.45. The molecule has 1 aliphatic carbocycles. The molecule has 0 bridgehead atoms. The molecule has 152 valence electrons. The SMILES string of the molecule is CCOC(=O)NC(CNC(=NC)N1CCN(c2cccs2)CC1)C1CC1.I. The third kappa shape index (κ3) is 6.41. The molecule has 9 heteroatoms. The van der Waals surface area contributed by atoms with Crippen molar-refractivity contribution in [1.29, 1.82) is 0 Å². The second-order valence-corrected chi connectivity index (χ2v) is 7.59. The minimum absolute atomic E-state index is 0. The van der Waals surface area contributed by atoms with Crippen molar-refractivity contribution < 1.29 is 9.53 Å². The number of thiophene rings is 1. The molecule has 1 aromatic rings. The zero-order valence-corrected chi connectivity index (χ0v) is 19.2. The molecule has 1 saturated carbocycles. The summed E-state index contributed by atoms with van der Waals surface area (Å²) in [5, 5.41) is 9.89. The van der Waals surface area contributed by atoms with Crippen LogP contribution in [0.5, 0.6) is 0 Å². The highest BCUT2D eigenvalue weighted by Crippen LogP contribution is 2.32. The molecule has 1 unspecified atom stereocenters. The molecule has 2 N–H and O–H groups in total. The highest BCUT2D eigenvalue weighted by molar-refractivity contribution is 14.0. The van der Waals surface area contributed by atoms with E-state index >= 15 is 0 Å². The van der Waals surface area contributed by atoms with Crippen LogP contribution in [0.15, 0.2) is 22.5 Å². The lowest BCUT2D eigenvalue weighted by atomic mass is 10.2. The number of carbonyl (C=O) groups excluding carboxylic acids is 1. The first-order chi connectivity index (χ1) is 12.7. The van der Waals surface area contributed by atoms with E-state index in [1.165, 1.54) is 5.00 Å². The van der Waals surface area contributed by atoms with Gasteiger partial charge in [0.2, 0.25) is 0 Å². The first kappa shape index (κ1) is 22.1. The molecule has 0 radical (unpaired) electrons. The fourth-order valence-corrected chi connectivity index (χ4v) is 4.07.